The third kappa shape index (κ3) is 6.13. The fourth-order valence-corrected chi connectivity index (χ4v) is 2.48. The van der Waals surface area contributed by atoms with Gasteiger partial charge in [0.1, 0.15) is 18.1 Å². The predicted molar refractivity (Wildman–Crippen MR) is 104 cm³/mol. The van der Waals surface area contributed by atoms with E-state index in [9.17, 15) is 14.0 Å². The Balaban J connectivity index is 1.38. The molecule has 0 aliphatic heterocycles. The van der Waals surface area contributed by atoms with E-state index >= 15 is 0 Å². The van der Waals surface area contributed by atoms with Gasteiger partial charge in [0.2, 0.25) is 5.91 Å². The summed E-state index contributed by atoms with van der Waals surface area (Å²) in [5.74, 6) is -0.730. The van der Waals surface area contributed by atoms with E-state index in [0.29, 0.717) is 31.0 Å². The summed E-state index contributed by atoms with van der Waals surface area (Å²) in [4.78, 5) is 28.0. The van der Waals surface area contributed by atoms with Crippen LogP contribution in [0.25, 0.3) is 0 Å². The van der Waals surface area contributed by atoms with Crippen LogP contribution in [0.2, 0.25) is 0 Å². The highest BCUT2D eigenvalue weighted by molar-refractivity contribution is 6.04. The number of rotatable bonds is 9. The first-order valence-electron chi connectivity index (χ1n) is 8.99. The summed E-state index contributed by atoms with van der Waals surface area (Å²) in [7, 11) is 0. The Kier molecular flexibility index (Phi) is 6.88. The van der Waals surface area contributed by atoms with Crippen molar-refractivity contribution in [3.63, 3.8) is 0 Å². The van der Waals surface area contributed by atoms with Crippen LogP contribution in [0.1, 0.15) is 16.8 Å². The fraction of sp³-hybridized carbons (Fsp3) is 0.200. The lowest BCUT2D eigenvalue weighted by atomic mass is 10.2. The number of amides is 2. The number of nitrogens with zero attached hydrogens (tertiary/aromatic N) is 3. The molecule has 0 spiro atoms. The largest absolute Gasteiger partial charge is 0.492 e. The molecule has 0 unspecified atom stereocenters. The molecule has 8 nitrogen and oxygen atoms in total. The Labute approximate surface area is 166 Å². The molecule has 2 amide bonds. The molecule has 3 rings (SSSR count). The van der Waals surface area contributed by atoms with Gasteiger partial charge in [0.15, 0.2) is 0 Å². The smallest absolute Gasteiger partial charge is 0.258 e. The first-order chi connectivity index (χ1) is 14.1. The molecule has 1 aromatic carbocycles. The van der Waals surface area contributed by atoms with Gasteiger partial charge in [0.25, 0.3) is 5.91 Å². The Morgan fingerprint density at radius 2 is 2.00 bits per heavy atom. The lowest BCUT2D eigenvalue weighted by Gasteiger charge is -2.07. The second-order valence-corrected chi connectivity index (χ2v) is 6.10. The molecule has 3 aromatic rings. The molecule has 0 atom stereocenters. The molecular weight excluding hydrogens is 377 g/mol. The molecule has 9 heteroatoms. The van der Waals surface area contributed by atoms with E-state index < -0.39 is 11.7 Å². The van der Waals surface area contributed by atoms with Crippen LogP contribution in [0.4, 0.5) is 10.1 Å². The van der Waals surface area contributed by atoms with Crippen molar-refractivity contribution in [2.75, 3.05) is 18.5 Å². The summed E-state index contributed by atoms with van der Waals surface area (Å²) in [6.07, 6.45) is 6.83. The molecule has 0 bridgehead atoms. The summed E-state index contributed by atoms with van der Waals surface area (Å²) in [5.41, 5.74) is 0.308. The number of benzene rings is 1. The third-order valence-electron chi connectivity index (χ3n) is 3.86. The summed E-state index contributed by atoms with van der Waals surface area (Å²) < 4.78 is 20.5. The number of nitrogens with one attached hydrogen (secondary N) is 2. The van der Waals surface area contributed by atoms with Gasteiger partial charge in [0, 0.05) is 18.9 Å². The van der Waals surface area contributed by atoms with Gasteiger partial charge in [-0.25, -0.2) is 4.39 Å². The molecule has 0 aliphatic rings. The van der Waals surface area contributed by atoms with E-state index in [1.165, 1.54) is 35.3 Å². The first-order valence-corrected chi connectivity index (χ1v) is 8.99. The molecule has 29 heavy (non-hydrogen) atoms. The second-order valence-electron chi connectivity index (χ2n) is 6.10. The van der Waals surface area contributed by atoms with Crippen molar-refractivity contribution < 1.29 is 18.7 Å². The highest BCUT2D eigenvalue weighted by atomic mass is 19.1. The first kappa shape index (κ1) is 20.0. The van der Waals surface area contributed by atoms with E-state index in [4.69, 9.17) is 4.74 Å². The standard InChI is InChI=1S/C20H20FN5O3/c21-18-7-2-1-6-17(18)20(28)25-15-11-24-26(13-15)14-19(27)23-9-4-10-29-16-5-3-8-22-12-16/h1-3,5-8,11-13H,4,9-10,14H2,(H,23,27)(H,25,28). The van der Waals surface area contributed by atoms with Gasteiger partial charge in [-0.1, -0.05) is 12.1 Å². The number of hydrogen-bond donors (Lipinski definition) is 2. The van der Waals surface area contributed by atoms with Crippen LogP contribution in [0.15, 0.2) is 61.2 Å². The van der Waals surface area contributed by atoms with E-state index in [-0.39, 0.29) is 18.0 Å². The number of hydrogen-bond acceptors (Lipinski definition) is 5. The molecular formula is C20H20FN5O3. The fourth-order valence-electron chi connectivity index (χ4n) is 2.48. The monoisotopic (exact) mass is 397 g/mol. The van der Waals surface area contributed by atoms with Crippen LogP contribution in [-0.2, 0) is 11.3 Å². The van der Waals surface area contributed by atoms with Gasteiger partial charge in [-0.3, -0.25) is 19.3 Å². The molecule has 0 saturated carbocycles. The maximum absolute atomic E-state index is 13.6. The van der Waals surface area contributed by atoms with Crippen LogP contribution in [0, 0.1) is 5.82 Å². The lowest BCUT2D eigenvalue weighted by Crippen LogP contribution is -2.29. The normalized spacial score (nSPS) is 10.4. The number of carbonyl (C=O) groups is 2. The summed E-state index contributed by atoms with van der Waals surface area (Å²) in [6, 6.07) is 9.28. The molecule has 2 aromatic heterocycles. The zero-order chi connectivity index (χ0) is 20.5. The minimum Gasteiger partial charge on any atom is -0.492 e. The Morgan fingerprint density at radius 1 is 1.14 bits per heavy atom. The molecule has 0 aliphatic carbocycles. The Hall–Kier alpha value is -3.75. The average molecular weight is 397 g/mol. The lowest BCUT2D eigenvalue weighted by molar-refractivity contribution is -0.121. The zero-order valence-electron chi connectivity index (χ0n) is 15.5. The molecule has 0 saturated heterocycles. The van der Waals surface area contributed by atoms with Crippen molar-refractivity contribution in [1.82, 2.24) is 20.1 Å². The predicted octanol–water partition coefficient (Wildman–Crippen LogP) is 2.25. The summed E-state index contributed by atoms with van der Waals surface area (Å²) >= 11 is 0. The van der Waals surface area contributed by atoms with Crippen molar-refractivity contribution in [3.8, 4) is 5.75 Å². The van der Waals surface area contributed by atoms with Crippen LogP contribution < -0.4 is 15.4 Å². The molecule has 150 valence electrons. The van der Waals surface area contributed by atoms with Crippen LogP contribution in [0.5, 0.6) is 5.75 Å². The third-order valence-corrected chi connectivity index (χ3v) is 3.86. The number of pyridine rings is 1. The number of halogens is 1. The number of ether oxygens (including phenoxy) is 1. The number of aromatic nitrogens is 3. The van der Waals surface area contributed by atoms with Crippen molar-refractivity contribution in [3.05, 3.63) is 72.6 Å². The summed E-state index contributed by atoms with van der Waals surface area (Å²) in [5, 5.41) is 9.35. The molecule has 2 heterocycles. The van der Waals surface area contributed by atoms with Gasteiger partial charge in [0.05, 0.1) is 30.3 Å². The highest BCUT2D eigenvalue weighted by Gasteiger charge is 2.12. The van der Waals surface area contributed by atoms with Gasteiger partial charge in [-0.15, -0.1) is 0 Å². The van der Waals surface area contributed by atoms with Crippen LogP contribution in [0.3, 0.4) is 0 Å². The minimum absolute atomic E-state index is 0.000961. The van der Waals surface area contributed by atoms with E-state index in [1.807, 2.05) is 6.07 Å². The van der Waals surface area contributed by atoms with Crippen LogP contribution in [-0.4, -0.2) is 39.7 Å². The quantitative estimate of drug-likeness (QED) is 0.540. The van der Waals surface area contributed by atoms with Gasteiger partial charge < -0.3 is 15.4 Å². The maximum Gasteiger partial charge on any atom is 0.258 e. The SMILES string of the molecule is O=C(Cn1cc(NC(=O)c2ccccc2F)cn1)NCCCOc1cccnc1. The van der Waals surface area contributed by atoms with E-state index in [2.05, 4.69) is 20.7 Å². The molecule has 2 N–H and O–H groups in total. The highest BCUT2D eigenvalue weighted by Crippen LogP contribution is 2.11. The Bertz CT molecular complexity index is 962. The van der Waals surface area contributed by atoms with Crippen molar-refractivity contribution in [1.29, 1.82) is 0 Å². The summed E-state index contributed by atoms with van der Waals surface area (Å²) in [6.45, 7) is 0.913. The number of anilines is 1. The van der Waals surface area contributed by atoms with Gasteiger partial charge >= 0.3 is 0 Å². The maximum atomic E-state index is 13.6. The number of carbonyl (C=O) groups excluding carboxylic acids is 2. The molecule has 0 radical (unpaired) electrons. The van der Waals surface area contributed by atoms with Crippen molar-refractivity contribution in [2.45, 2.75) is 13.0 Å². The van der Waals surface area contributed by atoms with E-state index in [1.54, 1.807) is 24.5 Å². The minimum atomic E-state index is -0.607. The second kappa shape index (κ2) is 9.98. The average Bonchev–Trinajstić information content (AvgIpc) is 3.15. The van der Waals surface area contributed by atoms with Gasteiger partial charge in [-0.05, 0) is 30.7 Å². The topological polar surface area (TPSA) is 98.1 Å². The van der Waals surface area contributed by atoms with Crippen molar-refractivity contribution in [2.24, 2.45) is 0 Å². The van der Waals surface area contributed by atoms with Gasteiger partial charge in [-0.2, -0.15) is 5.10 Å². The van der Waals surface area contributed by atoms with Crippen LogP contribution >= 0.6 is 0 Å². The Morgan fingerprint density at radius 3 is 2.79 bits per heavy atom. The van der Waals surface area contributed by atoms with Crippen molar-refractivity contribution >= 4 is 17.5 Å². The zero-order valence-corrected chi connectivity index (χ0v) is 15.5. The molecule has 0 fully saturated rings. The van der Waals surface area contributed by atoms with E-state index in [0.717, 1.165) is 0 Å².